The van der Waals surface area contributed by atoms with Crippen LogP contribution in [0, 0.1) is 20.8 Å². The molecule has 0 saturated heterocycles. The number of nitrogens with one attached hydrogen (secondary N) is 2. The van der Waals surface area contributed by atoms with Gasteiger partial charge in [-0.15, -0.1) is 0 Å². The monoisotopic (exact) mass is 342 g/mol. The van der Waals surface area contributed by atoms with Gasteiger partial charge in [0.15, 0.2) is 5.82 Å². The van der Waals surface area contributed by atoms with Gasteiger partial charge in [0, 0.05) is 23.7 Å². The van der Waals surface area contributed by atoms with Crippen molar-refractivity contribution in [3.8, 4) is 0 Å². The third-order valence-electron chi connectivity index (χ3n) is 4.13. The van der Waals surface area contributed by atoms with Crippen molar-refractivity contribution in [2.45, 2.75) is 40.3 Å². The Hall–Kier alpha value is -2.67. The highest BCUT2D eigenvalue weighted by molar-refractivity contribution is 5.92. The van der Waals surface area contributed by atoms with E-state index in [1.807, 2.05) is 6.92 Å². The maximum Gasteiger partial charge on any atom is 0.252 e. The summed E-state index contributed by atoms with van der Waals surface area (Å²) in [5, 5.41) is 7.75. The number of aromatic amines is 1. The second-order valence-electron chi connectivity index (χ2n) is 6.22. The summed E-state index contributed by atoms with van der Waals surface area (Å²) in [6.45, 7) is 6.61. The Bertz CT molecular complexity index is 911. The molecule has 7 heteroatoms. The number of aryl methyl sites for hydroxylation is 3. The van der Waals surface area contributed by atoms with Crippen LogP contribution in [0.5, 0.6) is 0 Å². The van der Waals surface area contributed by atoms with Crippen LogP contribution in [-0.4, -0.2) is 28.1 Å². The van der Waals surface area contributed by atoms with Crippen LogP contribution >= 0.6 is 0 Å². The molecule has 7 nitrogen and oxygen atoms in total. The Morgan fingerprint density at radius 1 is 1.32 bits per heavy atom. The van der Waals surface area contributed by atoms with Crippen LogP contribution < -0.4 is 5.32 Å². The normalized spacial score (nSPS) is 11.2. The Morgan fingerprint density at radius 2 is 2.12 bits per heavy atom. The number of fused-ring (bicyclic) bond motifs is 1. The highest BCUT2D eigenvalue weighted by Crippen LogP contribution is 2.26. The summed E-state index contributed by atoms with van der Waals surface area (Å²) in [4.78, 5) is 19.9. The van der Waals surface area contributed by atoms with E-state index in [0.29, 0.717) is 18.1 Å². The van der Waals surface area contributed by atoms with E-state index in [4.69, 9.17) is 9.26 Å². The second-order valence-corrected chi connectivity index (χ2v) is 6.22. The molecular formula is C18H22N4O3. The third kappa shape index (κ3) is 3.71. The molecule has 0 aliphatic heterocycles. The molecule has 0 saturated carbocycles. The van der Waals surface area contributed by atoms with Crippen molar-refractivity contribution in [2.75, 3.05) is 7.11 Å². The Kier molecular flexibility index (Phi) is 4.85. The van der Waals surface area contributed by atoms with Crippen molar-refractivity contribution in [3.63, 3.8) is 0 Å². The predicted octanol–water partition coefficient (Wildman–Crippen LogP) is 2.48. The van der Waals surface area contributed by atoms with E-state index in [1.165, 1.54) is 11.1 Å². The van der Waals surface area contributed by atoms with Gasteiger partial charge in [0.25, 0.3) is 5.89 Å². The SMILES string of the molecule is COCc1nc(CNC(=O)Cc2c(C)[nH]c3c(C)cc(C)cc23)no1. The fourth-order valence-corrected chi connectivity index (χ4v) is 3.01. The van der Waals surface area contributed by atoms with Crippen LogP contribution in [0.1, 0.15) is 34.1 Å². The molecule has 3 rings (SSSR count). The smallest absolute Gasteiger partial charge is 0.252 e. The number of methoxy groups -OCH3 is 1. The number of ether oxygens (including phenoxy) is 1. The van der Waals surface area contributed by atoms with E-state index >= 15 is 0 Å². The van der Waals surface area contributed by atoms with E-state index < -0.39 is 0 Å². The van der Waals surface area contributed by atoms with E-state index in [9.17, 15) is 4.79 Å². The molecule has 0 aliphatic rings. The average Bonchev–Trinajstić information content (AvgIpc) is 3.12. The lowest BCUT2D eigenvalue weighted by Gasteiger charge is -2.04. The van der Waals surface area contributed by atoms with Crippen LogP contribution in [0.25, 0.3) is 10.9 Å². The molecule has 0 radical (unpaired) electrons. The van der Waals surface area contributed by atoms with Crippen molar-refractivity contribution < 1.29 is 14.1 Å². The molecule has 2 N–H and O–H groups in total. The summed E-state index contributed by atoms with van der Waals surface area (Å²) in [7, 11) is 1.55. The van der Waals surface area contributed by atoms with Crippen molar-refractivity contribution >= 4 is 16.8 Å². The molecule has 2 heterocycles. The zero-order valence-electron chi connectivity index (χ0n) is 14.9. The summed E-state index contributed by atoms with van der Waals surface area (Å²) in [6, 6.07) is 4.25. The van der Waals surface area contributed by atoms with E-state index in [1.54, 1.807) is 7.11 Å². The Balaban J connectivity index is 1.70. The lowest BCUT2D eigenvalue weighted by atomic mass is 10.0. The molecule has 3 aromatic rings. The number of amides is 1. The van der Waals surface area contributed by atoms with Crippen molar-refractivity contribution in [3.05, 3.63) is 46.2 Å². The number of benzene rings is 1. The number of H-pyrrole nitrogens is 1. The maximum absolute atomic E-state index is 12.3. The fraction of sp³-hybridized carbons (Fsp3) is 0.389. The summed E-state index contributed by atoms with van der Waals surface area (Å²) < 4.78 is 9.93. The number of hydrogen-bond acceptors (Lipinski definition) is 5. The quantitative estimate of drug-likeness (QED) is 0.718. The highest BCUT2D eigenvalue weighted by Gasteiger charge is 2.15. The number of carbonyl (C=O) groups excluding carboxylic acids is 1. The first kappa shape index (κ1) is 17.2. The van der Waals surface area contributed by atoms with E-state index in [0.717, 1.165) is 22.2 Å². The minimum absolute atomic E-state index is 0.0822. The molecular weight excluding hydrogens is 320 g/mol. The van der Waals surface area contributed by atoms with Gasteiger partial charge in [0.2, 0.25) is 5.91 Å². The summed E-state index contributed by atoms with van der Waals surface area (Å²) in [5.41, 5.74) is 5.49. The first-order chi connectivity index (χ1) is 12.0. The van der Waals surface area contributed by atoms with Gasteiger partial charge in [-0.2, -0.15) is 4.98 Å². The topological polar surface area (TPSA) is 93.0 Å². The van der Waals surface area contributed by atoms with Gasteiger partial charge in [0.1, 0.15) is 6.61 Å². The van der Waals surface area contributed by atoms with Crippen LogP contribution in [0.15, 0.2) is 16.7 Å². The van der Waals surface area contributed by atoms with Crippen molar-refractivity contribution in [1.82, 2.24) is 20.4 Å². The summed E-state index contributed by atoms with van der Waals surface area (Å²) >= 11 is 0. The standard InChI is InChI=1S/C18H22N4O3/c1-10-5-11(2)18-14(6-10)13(12(3)20-18)7-16(23)19-8-15-21-17(9-24-4)25-22-15/h5-6,20H,7-9H2,1-4H3,(H,19,23). The number of hydrogen-bond donors (Lipinski definition) is 2. The van der Waals surface area contributed by atoms with Gasteiger partial charge < -0.3 is 19.6 Å². The van der Waals surface area contributed by atoms with Crippen LogP contribution in [-0.2, 0) is 29.1 Å². The van der Waals surface area contributed by atoms with Crippen LogP contribution in [0.4, 0.5) is 0 Å². The van der Waals surface area contributed by atoms with Gasteiger partial charge in [-0.25, -0.2) is 0 Å². The van der Waals surface area contributed by atoms with E-state index in [2.05, 4.69) is 46.4 Å². The molecule has 0 unspecified atom stereocenters. The largest absolute Gasteiger partial charge is 0.375 e. The van der Waals surface area contributed by atoms with Gasteiger partial charge in [-0.3, -0.25) is 4.79 Å². The van der Waals surface area contributed by atoms with Crippen LogP contribution in [0.3, 0.4) is 0 Å². The molecule has 1 aromatic carbocycles. The van der Waals surface area contributed by atoms with Gasteiger partial charge in [0.05, 0.1) is 13.0 Å². The second kappa shape index (κ2) is 7.06. The lowest BCUT2D eigenvalue weighted by molar-refractivity contribution is -0.120. The molecule has 0 spiro atoms. The first-order valence-electron chi connectivity index (χ1n) is 8.13. The number of nitrogens with zero attached hydrogens (tertiary/aromatic N) is 2. The first-order valence-corrected chi connectivity index (χ1v) is 8.13. The molecule has 2 aromatic heterocycles. The summed E-state index contributed by atoms with van der Waals surface area (Å²) in [5.74, 6) is 0.745. The van der Waals surface area contributed by atoms with Crippen molar-refractivity contribution in [1.29, 1.82) is 0 Å². The number of aromatic nitrogens is 3. The van der Waals surface area contributed by atoms with E-state index in [-0.39, 0.29) is 19.1 Å². The Morgan fingerprint density at radius 3 is 2.88 bits per heavy atom. The Labute approximate surface area is 145 Å². The highest BCUT2D eigenvalue weighted by atomic mass is 16.5. The predicted molar refractivity (Wildman–Crippen MR) is 93.1 cm³/mol. The van der Waals surface area contributed by atoms with Gasteiger partial charge in [-0.05, 0) is 38.0 Å². The average molecular weight is 342 g/mol. The van der Waals surface area contributed by atoms with Crippen LogP contribution in [0.2, 0.25) is 0 Å². The summed E-state index contributed by atoms with van der Waals surface area (Å²) in [6.07, 6.45) is 0.303. The molecule has 132 valence electrons. The van der Waals surface area contributed by atoms with Crippen molar-refractivity contribution in [2.24, 2.45) is 0 Å². The molecule has 25 heavy (non-hydrogen) atoms. The maximum atomic E-state index is 12.3. The molecule has 0 aliphatic carbocycles. The lowest BCUT2D eigenvalue weighted by Crippen LogP contribution is -2.25. The zero-order valence-corrected chi connectivity index (χ0v) is 14.9. The fourth-order valence-electron chi connectivity index (χ4n) is 3.01. The van der Waals surface area contributed by atoms with Gasteiger partial charge in [-0.1, -0.05) is 16.8 Å². The third-order valence-corrected chi connectivity index (χ3v) is 4.13. The molecule has 0 fully saturated rings. The number of carbonyl (C=O) groups is 1. The zero-order chi connectivity index (χ0) is 18.0. The molecule has 1 amide bonds. The number of rotatable bonds is 6. The minimum Gasteiger partial charge on any atom is -0.375 e. The molecule has 0 bridgehead atoms. The molecule has 0 atom stereocenters. The van der Waals surface area contributed by atoms with Gasteiger partial charge >= 0.3 is 0 Å². The minimum atomic E-state index is -0.0822.